The molecule has 0 unspecified atom stereocenters. The highest BCUT2D eigenvalue weighted by atomic mass is 79.9. The van der Waals surface area contributed by atoms with E-state index >= 15 is 0 Å². The van der Waals surface area contributed by atoms with Crippen molar-refractivity contribution in [1.82, 2.24) is 0 Å². The lowest BCUT2D eigenvalue weighted by Gasteiger charge is -2.14. The third-order valence-electron chi connectivity index (χ3n) is 3.40. The minimum atomic E-state index is -0.623. The number of ether oxygens (including phenoxy) is 2. The Balaban J connectivity index is 2.32. The van der Waals surface area contributed by atoms with Crippen LogP contribution in [-0.4, -0.2) is 25.0 Å². The summed E-state index contributed by atoms with van der Waals surface area (Å²) in [7, 11) is 0. The van der Waals surface area contributed by atoms with E-state index in [9.17, 15) is 14.9 Å². The van der Waals surface area contributed by atoms with E-state index in [2.05, 4.69) is 21.2 Å². The van der Waals surface area contributed by atoms with Gasteiger partial charge in [-0.25, -0.2) is 0 Å². The Hall–Kier alpha value is -3.31. The third kappa shape index (κ3) is 5.86. The van der Waals surface area contributed by atoms with Crippen molar-refractivity contribution in [2.75, 3.05) is 18.5 Å². The second-order valence-corrected chi connectivity index (χ2v) is 6.36. The summed E-state index contributed by atoms with van der Waals surface area (Å²) in [6, 6.07) is 14.0. The minimum Gasteiger partial charge on any atom is -0.490 e. The van der Waals surface area contributed by atoms with Crippen LogP contribution in [0.1, 0.15) is 12.5 Å². The predicted molar refractivity (Wildman–Crippen MR) is 109 cm³/mol. The second-order valence-electron chi connectivity index (χ2n) is 5.51. The number of primary amides is 1. The Kier molecular flexibility index (Phi) is 7.60. The van der Waals surface area contributed by atoms with E-state index < -0.39 is 11.8 Å². The van der Waals surface area contributed by atoms with Crippen LogP contribution in [0.2, 0.25) is 0 Å². The number of nitrogens with one attached hydrogen (secondary N) is 1. The summed E-state index contributed by atoms with van der Waals surface area (Å²) in [6.07, 6.45) is 1.43. The van der Waals surface area contributed by atoms with Crippen molar-refractivity contribution in [1.29, 1.82) is 5.26 Å². The number of anilines is 1. The van der Waals surface area contributed by atoms with Crippen LogP contribution in [0.15, 0.2) is 52.5 Å². The molecule has 0 fully saturated rings. The topological polar surface area (TPSA) is 114 Å². The van der Waals surface area contributed by atoms with Gasteiger partial charge in [0.25, 0.3) is 11.8 Å². The summed E-state index contributed by atoms with van der Waals surface area (Å²) in [5, 5.41) is 12.0. The van der Waals surface area contributed by atoms with Crippen LogP contribution in [-0.2, 0) is 9.59 Å². The average molecular weight is 444 g/mol. The van der Waals surface area contributed by atoms with Crippen LogP contribution in [0.5, 0.6) is 11.5 Å². The Morgan fingerprint density at radius 3 is 2.57 bits per heavy atom. The molecular formula is C20H18BrN3O4. The molecule has 0 aromatic heterocycles. The molecule has 2 aromatic carbocycles. The Bertz CT molecular complexity index is 936. The molecule has 28 heavy (non-hydrogen) atoms. The summed E-state index contributed by atoms with van der Waals surface area (Å²) >= 11 is 3.35. The first-order valence-electron chi connectivity index (χ1n) is 8.30. The van der Waals surface area contributed by atoms with E-state index in [0.29, 0.717) is 33.8 Å². The Labute approximate surface area is 170 Å². The Morgan fingerprint density at radius 1 is 1.25 bits per heavy atom. The Morgan fingerprint density at radius 2 is 1.96 bits per heavy atom. The number of benzene rings is 2. The summed E-state index contributed by atoms with van der Waals surface area (Å²) in [5.41, 5.74) is 6.16. The maximum atomic E-state index is 12.4. The van der Waals surface area contributed by atoms with Crippen molar-refractivity contribution in [3.63, 3.8) is 0 Å². The number of nitrogens with two attached hydrogens (primary N) is 1. The molecule has 0 atom stereocenters. The fourth-order valence-electron chi connectivity index (χ4n) is 2.25. The number of carbonyl (C=O) groups is 2. The van der Waals surface area contributed by atoms with Crippen molar-refractivity contribution in [3.8, 4) is 17.6 Å². The summed E-state index contributed by atoms with van der Waals surface area (Å²) in [5.74, 6) is -0.491. The van der Waals surface area contributed by atoms with E-state index in [4.69, 9.17) is 15.2 Å². The normalized spacial score (nSPS) is 10.7. The van der Waals surface area contributed by atoms with Crippen molar-refractivity contribution in [3.05, 3.63) is 58.1 Å². The van der Waals surface area contributed by atoms with Gasteiger partial charge in [-0.1, -0.05) is 18.2 Å². The van der Waals surface area contributed by atoms with Gasteiger partial charge >= 0.3 is 0 Å². The van der Waals surface area contributed by atoms with E-state index in [-0.39, 0.29) is 12.2 Å². The number of para-hydroxylation sites is 1. The number of nitriles is 1. The van der Waals surface area contributed by atoms with Crippen LogP contribution in [0.25, 0.3) is 6.08 Å². The molecule has 2 aromatic rings. The first kappa shape index (κ1) is 21.0. The van der Waals surface area contributed by atoms with Gasteiger partial charge in [-0.2, -0.15) is 5.26 Å². The van der Waals surface area contributed by atoms with Crippen molar-refractivity contribution in [2.24, 2.45) is 5.73 Å². The monoisotopic (exact) mass is 443 g/mol. The zero-order valence-electron chi connectivity index (χ0n) is 15.1. The highest BCUT2D eigenvalue weighted by molar-refractivity contribution is 9.10. The maximum Gasteiger partial charge on any atom is 0.266 e. The van der Waals surface area contributed by atoms with Gasteiger partial charge in [-0.3, -0.25) is 9.59 Å². The summed E-state index contributed by atoms with van der Waals surface area (Å²) in [4.78, 5) is 23.3. The first-order chi connectivity index (χ1) is 13.4. The molecule has 0 aliphatic carbocycles. The number of rotatable bonds is 8. The molecule has 0 heterocycles. The van der Waals surface area contributed by atoms with Crippen molar-refractivity contribution < 1.29 is 19.1 Å². The van der Waals surface area contributed by atoms with E-state index in [1.54, 1.807) is 43.3 Å². The lowest BCUT2D eigenvalue weighted by atomic mass is 10.1. The van der Waals surface area contributed by atoms with Crippen molar-refractivity contribution >= 4 is 39.5 Å². The lowest BCUT2D eigenvalue weighted by Crippen LogP contribution is -2.20. The largest absolute Gasteiger partial charge is 0.490 e. The smallest absolute Gasteiger partial charge is 0.266 e. The van der Waals surface area contributed by atoms with E-state index in [1.165, 1.54) is 6.08 Å². The molecule has 0 spiro atoms. The fourth-order valence-corrected chi connectivity index (χ4v) is 2.83. The van der Waals surface area contributed by atoms with Gasteiger partial charge in [0.2, 0.25) is 0 Å². The van der Waals surface area contributed by atoms with Crippen LogP contribution in [0, 0.1) is 11.3 Å². The molecule has 0 bridgehead atoms. The van der Waals surface area contributed by atoms with Gasteiger partial charge in [-0.15, -0.1) is 0 Å². The molecule has 0 radical (unpaired) electrons. The molecule has 144 valence electrons. The first-order valence-corrected chi connectivity index (χ1v) is 9.09. The molecule has 8 heteroatoms. The zero-order valence-corrected chi connectivity index (χ0v) is 16.7. The van der Waals surface area contributed by atoms with Gasteiger partial charge in [0.1, 0.15) is 11.6 Å². The molecule has 0 aliphatic rings. The van der Waals surface area contributed by atoms with Crippen LogP contribution in [0.4, 0.5) is 5.69 Å². The second kappa shape index (κ2) is 10.1. The minimum absolute atomic E-state index is 0.0796. The van der Waals surface area contributed by atoms with Crippen LogP contribution >= 0.6 is 15.9 Å². The van der Waals surface area contributed by atoms with Crippen LogP contribution < -0.4 is 20.5 Å². The van der Waals surface area contributed by atoms with E-state index in [1.807, 2.05) is 12.1 Å². The third-order valence-corrected chi connectivity index (χ3v) is 3.99. The number of halogens is 1. The summed E-state index contributed by atoms with van der Waals surface area (Å²) in [6.45, 7) is 1.84. The number of carbonyl (C=O) groups excluding carboxylic acids is 2. The SMILES string of the molecule is CCOc1cc(/C=C(\C#N)C(=O)Nc2ccccc2)cc(Br)c1OCC(N)=O. The molecular weight excluding hydrogens is 426 g/mol. The maximum absolute atomic E-state index is 12.4. The predicted octanol–water partition coefficient (Wildman–Crippen LogP) is 3.26. The van der Waals surface area contributed by atoms with Gasteiger partial charge in [0.05, 0.1) is 11.1 Å². The number of nitrogens with zero attached hydrogens (tertiary/aromatic N) is 1. The van der Waals surface area contributed by atoms with Gasteiger partial charge < -0.3 is 20.5 Å². The summed E-state index contributed by atoms with van der Waals surface area (Å²) < 4.78 is 11.4. The highest BCUT2D eigenvalue weighted by Gasteiger charge is 2.15. The highest BCUT2D eigenvalue weighted by Crippen LogP contribution is 2.37. The number of hydrogen-bond acceptors (Lipinski definition) is 5. The molecule has 3 N–H and O–H groups in total. The standard InChI is InChI=1S/C20H18BrN3O4/c1-2-27-17-10-13(9-16(21)19(17)28-12-18(23)25)8-14(11-22)20(26)24-15-6-4-3-5-7-15/h3-10H,2,12H2,1H3,(H2,23,25)(H,24,26)/b14-8+. The van der Waals surface area contributed by atoms with Gasteiger partial charge in [0, 0.05) is 5.69 Å². The lowest BCUT2D eigenvalue weighted by molar-refractivity contribution is -0.120. The molecule has 2 amide bonds. The van der Waals surface area contributed by atoms with E-state index in [0.717, 1.165) is 0 Å². The molecule has 0 saturated carbocycles. The number of amides is 2. The fraction of sp³-hybridized carbons (Fsp3) is 0.150. The molecule has 7 nitrogen and oxygen atoms in total. The molecule has 0 aliphatic heterocycles. The molecule has 0 saturated heterocycles. The average Bonchev–Trinajstić information content (AvgIpc) is 2.66. The quantitative estimate of drug-likeness (QED) is 0.479. The van der Waals surface area contributed by atoms with Crippen LogP contribution in [0.3, 0.4) is 0 Å². The number of hydrogen-bond donors (Lipinski definition) is 2. The van der Waals surface area contributed by atoms with Gasteiger partial charge in [-0.05, 0) is 58.8 Å². The van der Waals surface area contributed by atoms with Crippen molar-refractivity contribution in [2.45, 2.75) is 6.92 Å². The molecule has 2 rings (SSSR count). The zero-order chi connectivity index (χ0) is 20.5. The van der Waals surface area contributed by atoms with Gasteiger partial charge in [0.15, 0.2) is 18.1 Å².